The minimum Gasteiger partial charge on any atom is -0.478 e. The summed E-state index contributed by atoms with van der Waals surface area (Å²) in [5.74, 6) is 1.24. The first-order chi connectivity index (χ1) is 8.15. The highest BCUT2D eigenvalue weighted by atomic mass is 35.5. The Morgan fingerprint density at radius 2 is 2.29 bits per heavy atom. The molecule has 1 aromatic rings. The molecule has 5 heteroatoms. The van der Waals surface area contributed by atoms with E-state index in [1.54, 1.807) is 18.2 Å². The Kier molecular flexibility index (Phi) is 6.22. The van der Waals surface area contributed by atoms with Crippen molar-refractivity contribution in [1.29, 1.82) is 0 Å². The average Bonchev–Trinajstić information content (AvgIpc) is 2.30. The molecule has 0 amide bonds. The fourth-order valence-corrected chi connectivity index (χ4v) is 2.19. The second-order valence-corrected chi connectivity index (χ2v) is 5.28. The molecule has 0 heterocycles. The molecular formula is C12H16ClNO2S. The zero-order valence-corrected chi connectivity index (χ0v) is 11.3. The molecule has 0 aromatic heterocycles. The maximum Gasteiger partial charge on any atom is 0.337 e. The van der Waals surface area contributed by atoms with Crippen molar-refractivity contribution < 1.29 is 9.90 Å². The van der Waals surface area contributed by atoms with Gasteiger partial charge in [-0.3, -0.25) is 0 Å². The molecule has 0 saturated carbocycles. The highest BCUT2D eigenvalue weighted by molar-refractivity contribution is 7.99. The normalized spacial score (nSPS) is 10.2. The first-order valence-corrected chi connectivity index (χ1v) is 7.03. The van der Waals surface area contributed by atoms with E-state index in [-0.39, 0.29) is 10.6 Å². The van der Waals surface area contributed by atoms with Crippen LogP contribution >= 0.6 is 23.4 Å². The highest BCUT2D eigenvalue weighted by Gasteiger charge is 2.08. The largest absolute Gasteiger partial charge is 0.478 e. The van der Waals surface area contributed by atoms with E-state index in [1.807, 2.05) is 11.8 Å². The smallest absolute Gasteiger partial charge is 0.337 e. The van der Waals surface area contributed by atoms with Crippen LogP contribution in [0.2, 0.25) is 5.02 Å². The van der Waals surface area contributed by atoms with Crippen molar-refractivity contribution in [3.05, 3.63) is 28.8 Å². The third kappa shape index (κ3) is 4.88. The predicted octanol–water partition coefficient (Wildman–Crippen LogP) is 3.59. The van der Waals surface area contributed by atoms with Crippen LogP contribution < -0.4 is 5.32 Å². The highest BCUT2D eigenvalue weighted by Crippen LogP contribution is 2.20. The summed E-state index contributed by atoms with van der Waals surface area (Å²) in [6.45, 7) is 2.98. The molecule has 0 bridgehead atoms. The molecule has 3 nitrogen and oxygen atoms in total. The summed E-state index contributed by atoms with van der Waals surface area (Å²) in [6.07, 6.45) is 1.06. The van der Waals surface area contributed by atoms with E-state index in [9.17, 15) is 4.79 Å². The van der Waals surface area contributed by atoms with Gasteiger partial charge in [-0.05, 0) is 36.1 Å². The monoisotopic (exact) mass is 273 g/mol. The van der Waals surface area contributed by atoms with Gasteiger partial charge < -0.3 is 10.4 Å². The van der Waals surface area contributed by atoms with E-state index < -0.39 is 5.97 Å². The van der Waals surface area contributed by atoms with Crippen LogP contribution in [0.5, 0.6) is 0 Å². The number of nitrogens with one attached hydrogen (secondary N) is 1. The Bertz CT molecular complexity index is 385. The van der Waals surface area contributed by atoms with E-state index in [1.165, 1.54) is 0 Å². The molecule has 1 rings (SSSR count). The standard InChI is InChI=1S/C12H16ClNO2S/c1-2-17-7-3-6-14-9-4-5-11(13)10(8-9)12(15)16/h4-5,8,14H,2-3,6-7H2,1H3,(H,15,16). The van der Waals surface area contributed by atoms with E-state index in [0.717, 1.165) is 30.2 Å². The number of carboxylic acids is 1. The summed E-state index contributed by atoms with van der Waals surface area (Å²) in [6, 6.07) is 4.97. The summed E-state index contributed by atoms with van der Waals surface area (Å²) in [5, 5.41) is 12.4. The molecule has 0 fully saturated rings. The third-order valence-corrected chi connectivity index (χ3v) is 3.51. The van der Waals surface area contributed by atoms with E-state index in [4.69, 9.17) is 16.7 Å². The van der Waals surface area contributed by atoms with Crippen molar-refractivity contribution in [3.63, 3.8) is 0 Å². The number of rotatable bonds is 7. The van der Waals surface area contributed by atoms with Gasteiger partial charge in [0.25, 0.3) is 0 Å². The zero-order valence-electron chi connectivity index (χ0n) is 9.70. The molecule has 0 atom stereocenters. The zero-order chi connectivity index (χ0) is 12.7. The van der Waals surface area contributed by atoms with Crippen LogP contribution in [0.4, 0.5) is 5.69 Å². The molecule has 0 spiro atoms. The minimum absolute atomic E-state index is 0.139. The Morgan fingerprint density at radius 1 is 1.53 bits per heavy atom. The van der Waals surface area contributed by atoms with Crippen LogP contribution in [0.25, 0.3) is 0 Å². The van der Waals surface area contributed by atoms with Crippen molar-refractivity contribution in [1.82, 2.24) is 0 Å². The third-order valence-electron chi connectivity index (χ3n) is 2.20. The number of thioether (sulfide) groups is 1. The van der Waals surface area contributed by atoms with Crippen molar-refractivity contribution >= 4 is 35.0 Å². The fourth-order valence-electron chi connectivity index (χ4n) is 1.35. The lowest BCUT2D eigenvalue weighted by atomic mass is 10.2. The molecule has 0 aliphatic carbocycles. The number of carbonyl (C=O) groups is 1. The van der Waals surface area contributed by atoms with Crippen LogP contribution in [0, 0.1) is 0 Å². The van der Waals surface area contributed by atoms with Crippen molar-refractivity contribution in [2.75, 3.05) is 23.4 Å². The molecule has 0 saturated heterocycles. The number of aromatic carboxylic acids is 1. The number of benzene rings is 1. The van der Waals surface area contributed by atoms with Crippen molar-refractivity contribution in [2.45, 2.75) is 13.3 Å². The summed E-state index contributed by atoms with van der Waals surface area (Å²) < 4.78 is 0. The molecule has 17 heavy (non-hydrogen) atoms. The summed E-state index contributed by atoms with van der Waals surface area (Å²) >= 11 is 7.68. The molecule has 0 radical (unpaired) electrons. The van der Waals surface area contributed by atoms with Crippen molar-refractivity contribution in [3.8, 4) is 0 Å². The van der Waals surface area contributed by atoms with E-state index in [2.05, 4.69) is 12.2 Å². The molecule has 94 valence electrons. The molecule has 0 aliphatic heterocycles. The van der Waals surface area contributed by atoms with E-state index >= 15 is 0 Å². The summed E-state index contributed by atoms with van der Waals surface area (Å²) in [4.78, 5) is 10.9. The van der Waals surface area contributed by atoms with Gasteiger partial charge in [0.05, 0.1) is 10.6 Å². The SMILES string of the molecule is CCSCCCNc1ccc(Cl)c(C(=O)O)c1. The van der Waals surface area contributed by atoms with Crippen LogP contribution in [-0.4, -0.2) is 29.1 Å². The number of hydrogen-bond donors (Lipinski definition) is 2. The quantitative estimate of drug-likeness (QED) is 0.746. The number of halogens is 1. The maximum absolute atomic E-state index is 10.9. The van der Waals surface area contributed by atoms with Gasteiger partial charge in [0.15, 0.2) is 0 Å². The molecule has 0 aliphatic rings. The predicted molar refractivity (Wildman–Crippen MR) is 74.5 cm³/mol. The fraction of sp³-hybridized carbons (Fsp3) is 0.417. The lowest BCUT2D eigenvalue weighted by Gasteiger charge is -2.07. The number of carboxylic acid groups (broad SMARTS) is 1. The summed E-state index contributed by atoms with van der Waals surface area (Å²) in [5.41, 5.74) is 0.938. The van der Waals surface area contributed by atoms with Gasteiger partial charge in [0.2, 0.25) is 0 Å². The Balaban J connectivity index is 2.49. The lowest BCUT2D eigenvalue weighted by Crippen LogP contribution is -2.05. The molecule has 1 aromatic carbocycles. The first kappa shape index (κ1) is 14.2. The summed E-state index contributed by atoms with van der Waals surface area (Å²) in [7, 11) is 0. The topological polar surface area (TPSA) is 49.3 Å². The van der Waals surface area contributed by atoms with E-state index in [0.29, 0.717) is 0 Å². The average molecular weight is 274 g/mol. The number of hydrogen-bond acceptors (Lipinski definition) is 3. The van der Waals surface area contributed by atoms with Crippen LogP contribution in [0.3, 0.4) is 0 Å². The van der Waals surface area contributed by atoms with Crippen molar-refractivity contribution in [2.24, 2.45) is 0 Å². The van der Waals surface area contributed by atoms with Crippen LogP contribution in [-0.2, 0) is 0 Å². The Labute approximate surface area is 111 Å². The maximum atomic E-state index is 10.9. The van der Waals surface area contributed by atoms with Gasteiger partial charge in [-0.1, -0.05) is 18.5 Å². The lowest BCUT2D eigenvalue weighted by molar-refractivity contribution is 0.0697. The Morgan fingerprint density at radius 3 is 2.94 bits per heavy atom. The van der Waals surface area contributed by atoms with Gasteiger partial charge in [0, 0.05) is 12.2 Å². The molecule has 0 unspecified atom stereocenters. The second kappa shape index (κ2) is 7.45. The van der Waals surface area contributed by atoms with Crippen LogP contribution in [0.15, 0.2) is 18.2 Å². The number of anilines is 1. The van der Waals surface area contributed by atoms with Gasteiger partial charge in [-0.25, -0.2) is 4.79 Å². The van der Waals surface area contributed by atoms with Gasteiger partial charge >= 0.3 is 5.97 Å². The van der Waals surface area contributed by atoms with Gasteiger partial charge in [0.1, 0.15) is 0 Å². The second-order valence-electron chi connectivity index (χ2n) is 3.48. The van der Waals surface area contributed by atoms with Gasteiger partial charge in [-0.2, -0.15) is 11.8 Å². The van der Waals surface area contributed by atoms with Crippen LogP contribution in [0.1, 0.15) is 23.7 Å². The molecule has 2 N–H and O–H groups in total. The van der Waals surface area contributed by atoms with Gasteiger partial charge in [-0.15, -0.1) is 0 Å². The molecular weight excluding hydrogens is 258 g/mol. The Hall–Kier alpha value is -0.870. The first-order valence-electron chi connectivity index (χ1n) is 5.49. The minimum atomic E-state index is -1.000.